The van der Waals surface area contributed by atoms with E-state index in [-0.39, 0.29) is 16.9 Å². The Hall–Kier alpha value is -0.560. The van der Waals surface area contributed by atoms with E-state index in [1.165, 1.54) is 0 Å². The van der Waals surface area contributed by atoms with Gasteiger partial charge >= 0.3 is 0 Å². The quantitative estimate of drug-likeness (QED) is 0.583. The van der Waals surface area contributed by atoms with Gasteiger partial charge in [-0.25, -0.2) is 8.42 Å². The molecule has 0 bridgehead atoms. The van der Waals surface area contributed by atoms with E-state index in [0.717, 1.165) is 0 Å². The first-order chi connectivity index (χ1) is 4.61. The maximum atomic E-state index is 11.0. The highest BCUT2D eigenvalue weighted by Gasteiger charge is 2.46. The molecule has 0 aromatic rings. The average molecular weight is 159 g/mol. The molecule has 0 radical (unpaired) electrons. The van der Waals surface area contributed by atoms with E-state index in [9.17, 15) is 8.42 Å². The topological polar surface area (TPSA) is 57.9 Å². The first-order valence-electron chi connectivity index (χ1n) is 3.23. The van der Waals surface area contributed by atoms with Crippen LogP contribution in [0.15, 0.2) is 0 Å². The molecule has 1 rings (SSSR count). The van der Waals surface area contributed by atoms with Crippen molar-refractivity contribution in [1.29, 1.82) is 5.26 Å². The van der Waals surface area contributed by atoms with Gasteiger partial charge in [0.2, 0.25) is 0 Å². The molecule has 0 aromatic carbocycles. The Kier molecular flexibility index (Phi) is 1.69. The molecule has 10 heavy (non-hydrogen) atoms. The molecule has 0 aromatic heterocycles. The van der Waals surface area contributed by atoms with E-state index < -0.39 is 9.84 Å². The van der Waals surface area contributed by atoms with Crippen molar-refractivity contribution in [2.24, 2.45) is 5.92 Å². The van der Waals surface area contributed by atoms with E-state index in [1.54, 1.807) is 6.92 Å². The van der Waals surface area contributed by atoms with Crippen molar-refractivity contribution in [3.63, 3.8) is 0 Å². The number of hydrogen-bond acceptors (Lipinski definition) is 3. The molecule has 0 spiro atoms. The SMILES string of the molecule is CCS(=O)(=O)[C@@H]1C[C@@H]1C#N. The molecule has 0 unspecified atom stereocenters. The van der Waals surface area contributed by atoms with Crippen molar-refractivity contribution in [1.82, 2.24) is 0 Å². The van der Waals surface area contributed by atoms with Crippen molar-refractivity contribution in [3.05, 3.63) is 0 Å². The summed E-state index contributed by atoms with van der Waals surface area (Å²) < 4.78 is 22.0. The fraction of sp³-hybridized carbons (Fsp3) is 0.833. The molecule has 0 N–H and O–H groups in total. The standard InChI is InChI=1S/C6H9NO2S/c1-2-10(8,9)6-3-5(6)4-7/h5-6H,2-3H2,1H3/t5-,6-/m1/s1. The molecule has 4 heteroatoms. The molecule has 1 aliphatic rings. The van der Waals surface area contributed by atoms with Crippen LogP contribution in [-0.4, -0.2) is 19.4 Å². The lowest BCUT2D eigenvalue weighted by Crippen LogP contribution is -2.10. The summed E-state index contributed by atoms with van der Waals surface area (Å²) in [5.41, 5.74) is 0. The van der Waals surface area contributed by atoms with Crippen LogP contribution in [0, 0.1) is 17.2 Å². The number of sulfone groups is 1. The minimum Gasteiger partial charge on any atom is -0.229 e. The van der Waals surface area contributed by atoms with Crippen LogP contribution in [0.2, 0.25) is 0 Å². The lowest BCUT2D eigenvalue weighted by molar-refractivity contribution is 0.595. The zero-order chi connectivity index (χ0) is 7.78. The molecule has 1 aliphatic carbocycles. The van der Waals surface area contributed by atoms with Gasteiger partial charge in [0, 0.05) is 5.75 Å². The van der Waals surface area contributed by atoms with Crippen LogP contribution in [0.1, 0.15) is 13.3 Å². The zero-order valence-corrected chi connectivity index (χ0v) is 6.56. The third-order valence-corrected chi connectivity index (χ3v) is 4.01. The normalized spacial score (nSPS) is 31.2. The summed E-state index contributed by atoms with van der Waals surface area (Å²) in [6, 6.07) is 1.95. The second-order valence-corrected chi connectivity index (χ2v) is 4.97. The van der Waals surface area contributed by atoms with E-state index >= 15 is 0 Å². The largest absolute Gasteiger partial charge is 0.229 e. The fourth-order valence-corrected chi connectivity index (χ4v) is 2.41. The molecule has 0 amide bonds. The van der Waals surface area contributed by atoms with Crippen LogP contribution in [-0.2, 0) is 9.84 Å². The van der Waals surface area contributed by atoms with Gasteiger partial charge in [-0.3, -0.25) is 0 Å². The van der Waals surface area contributed by atoms with E-state index in [1.807, 2.05) is 6.07 Å². The molecule has 1 saturated carbocycles. The summed E-state index contributed by atoms with van der Waals surface area (Å²) in [6.45, 7) is 1.61. The van der Waals surface area contributed by atoms with E-state index in [0.29, 0.717) is 6.42 Å². The summed E-state index contributed by atoms with van der Waals surface area (Å²) >= 11 is 0. The van der Waals surface area contributed by atoms with Gasteiger partial charge in [0.05, 0.1) is 17.2 Å². The van der Waals surface area contributed by atoms with Crippen LogP contribution < -0.4 is 0 Å². The van der Waals surface area contributed by atoms with Gasteiger partial charge < -0.3 is 0 Å². The maximum absolute atomic E-state index is 11.0. The Morgan fingerprint density at radius 2 is 2.30 bits per heavy atom. The molecule has 56 valence electrons. The van der Waals surface area contributed by atoms with Crippen LogP contribution >= 0.6 is 0 Å². The molecule has 2 atom stereocenters. The lowest BCUT2D eigenvalue weighted by Gasteiger charge is -1.93. The van der Waals surface area contributed by atoms with Gasteiger partial charge in [-0.2, -0.15) is 5.26 Å². The highest BCUT2D eigenvalue weighted by Crippen LogP contribution is 2.36. The van der Waals surface area contributed by atoms with Gasteiger partial charge in [0.25, 0.3) is 0 Å². The number of nitrogens with zero attached hydrogens (tertiary/aromatic N) is 1. The Bertz CT molecular complexity index is 262. The Morgan fingerprint density at radius 3 is 2.60 bits per heavy atom. The minimum atomic E-state index is -2.91. The second kappa shape index (κ2) is 2.24. The minimum absolute atomic E-state index is 0.163. The Balaban J connectivity index is 2.66. The maximum Gasteiger partial charge on any atom is 0.154 e. The monoisotopic (exact) mass is 159 g/mol. The van der Waals surface area contributed by atoms with Crippen molar-refractivity contribution in [2.75, 3.05) is 5.75 Å². The highest BCUT2D eigenvalue weighted by molar-refractivity contribution is 7.92. The Morgan fingerprint density at radius 1 is 1.70 bits per heavy atom. The van der Waals surface area contributed by atoms with Crippen molar-refractivity contribution in [3.8, 4) is 6.07 Å². The first-order valence-corrected chi connectivity index (χ1v) is 4.94. The number of rotatable bonds is 2. The lowest BCUT2D eigenvalue weighted by atomic mass is 10.5. The Labute approximate surface area is 60.6 Å². The molecular formula is C6H9NO2S. The third-order valence-electron chi connectivity index (χ3n) is 1.76. The molecule has 3 nitrogen and oxygen atoms in total. The molecular weight excluding hydrogens is 150 g/mol. The third kappa shape index (κ3) is 1.14. The zero-order valence-electron chi connectivity index (χ0n) is 5.74. The van der Waals surface area contributed by atoms with Crippen LogP contribution in [0.5, 0.6) is 0 Å². The summed E-state index contributed by atoms with van der Waals surface area (Å²) in [6.07, 6.45) is 0.548. The summed E-state index contributed by atoms with van der Waals surface area (Å²) in [7, 11) is -2.91. The number of nitriles is 1. The predicted molar refractivity (Wildman–Crippen MR) is 37.0 cm³/mol. The van der Waals surface area contributed by atoms with Gasteiger partial charge in [-0.05, 0) is 6.42 Å². The van der Waals surface area contributed by atoms with Gasteiger partial charge in [-0.15, -0.1) is 0 Å². The summed E-state index contributed by atoms with van der Waals surface area (Å²) in [5, 5.41) is 7.98. The van der Waals surface area contributed by atoms with Crippen molar-refractivity contribution >= 4 is 9.84 Å². The van der Waals surface area contributed by atoms with Gasteiger partial charge in [0.1, 0.15) is 0 Å². The smallest absolute Gasteiger partial charge is 0.154 e. The van der Waals surface area contributed by atoms with Crippen molar-refractivity contribution in [2.45, 2.75) is 18.6 Å². The van der Waals surface area contributed by atoms with Crippen LogP contribution in [0.3, 0.4) is 0 Å². The van der Waals surface area contributed by atoms with Crippen LogP contribution in [0.4, 0.5) is 0 Å². The average Bonchev–Trinajstić information content (AvgIpc) is 2.66. The van der Waals surface area contributed by atoms with Crippen LogP contribution in [0.25, 0.3) is 0 Å². The van der Waals surface area contributed by atoms with E-state index in [4.69, 9.17) is 5.26 Å². The van der Waals surface area contributed by atoms with Crippen molar-refractivity contribution < 1.29 is 8.42 Å². The predicted octanol–water partition coefficient (Wildman–Crippen LogP) is 0.333. The molecule has 0 aliphatic heterocycles. The highest BCUT2D eigenvalue weighted by atomic mass is 32.2. The fourth-order valence-electron chi connectivity index (χ4n) is 0.919. The number of hydrogen-bond donors (Lipinski definition) is 0. The summed E-state index contributed by atoms with van der Waals surface area (Å²) in [4.78, 5) is 0. The van der Waals surface area contributed by atoms with Gasteiger partial charge in [0.15, 0.2) is 9.84 Å². The molecule has 1 fully saturated rings. The second-order valence-electron chi connectivity index (χ2n) is 2.46. The van der Waals surface area contributed by atoms with E-state index in [2.05, 4.69) is 0 Å². The molecule has 0 heterocycles. The van der Waals surface area contributed by atoms with Gasteiger partial charge in [-0.1, -0.05) is 6.92 Å². The molecule has 0 saturated heterocycles. The first kappa shape index (κ1) is 7.55. The summed E-state index contributed by atoms with van der Waals surface area (Å²) in [5.74, 6) is -0.0551.